The Kier molecular flexibility index (Phi) is 4.05. The Hall–Kier alpha value is -1.87. The van der Waals surface area contributed by atoms with Gasteiger partial charge in [-0.15, -0.1) is 0 Å². The van der Waals surface area contributed by atoms with Crippen molar-refractivity contribution in [3.63, 3.8) is 0 Å². The fourth-order valence-corrected chi connectivity index (χ4v) is 6.95. The first-order valence-corrected chi connectivity index (χ1v) is 11.9. The highest BCUT2D eigenvalue weighted by Gasteiger charge is 2.66. The molecule has 1 aliphatic heterocycles. The molecule has 0 amide bonds. The molecule has 5 unspecified atom stereocenters. The van der Waals surface area contributed by atoms with Crippen LogP contribution in [-0.2, 0) is 29.6 Å². The van der Waals surface area contributed by atoms with Gasteiger partial charge in [0.2, 0.25) is 5.79 Å². The van der Waals surface area contributed by atoms with Crippen LogP contribution >= 0.6 is 0 Å². The first kappa shape index (κ1) is 19.8. The molecule has 2 aromatic carbocycles. The van der Waals surface area contributed by atoms with Crippen molar-refractivity contribution in [2.24, 2.45) is 17.8 Å². The minimum atomic E-state index is -4.93. The summed E-state index contributed by atoms with van der Waals surface area (Å²) < 4.78 is 69.6. The third kappa shape index (κ3) is 2.53. The van der Waals surface area contributed by atoms with E-state index in [1.807, 2.05) is 48.5 Å². The Morgan fingerprint density at radius 2 is 1.58 bits per heavy atom. The average molecular weight is 448 g/mol. The van der Waals surface area contributed by atoms with Crippen LogP contribution in [-0.4, -0.2) is 33.0 Å². The Morgan fingerprint density at radius 3 is 2.19 bits per heavy atom. The molecule has 0 N–H and O–H groups in total. The van der Waals surface area contributed by atoms with E-state index in [1.54, 1.807) is 0 Å². The molecule has 0 aromatic heterocycles. The molecular formula is C23H22F2O5S. The second kappa shape index (κ2) is 6.34. The highest BCUT2D eigenvalue weighted by molar-refractivity contribution is 7.87. The van der Waals surface area contributed by atoms with Crippen LogP contribution in [0.25, 0.3) is 11.1 Å². The van der Waals surface area contributed by atoms with Gasteiger partial charge in [-0.1, -0.05) is 48.5 Å². The molecule has 2 aromatic rings. The third-order valence-corrected chi connectivity index (χ3v) is 8.88. The maximum atomic E-state index is 14.4. The van der Waals surface area contributed by atoms with Crippen molar-refractivity contribution in [2.75, 3.05) is 7.11 Å². The lowest BCUT2D eigenvalue weighted by Gasteiger charge is -2.31. The summed E-state index contributed by atoms with van der Waals surface area (Å²) in [6, 6.07) is 15.9. The van der Waals surface area contributed by atoms with Crippen LogP contribution in [0.5, 0.6) is 0 Å². The van der Waals surface area contributed by atoms with E-state index in [2.05, 4.69) is 4.18 Å². The molecule has 1 saturated heterocycles. The van der Waals surface area contributed by atoms with E-state index in [-0.39, 0.29) is 24.0 Å². The zero-order valence-corrected chi connectivity index (χ0v) is 17.6. The van der Waals surface area contributed by atoms with Gasteiger partial charge in [0, 0.05) is 17.5 Å². The zero-order valence-electron chi connectivity index (χ0n) is 16.8. The molecule has 8 heteroatoms. The topological polar surface area (TPSA) is 61.8 Å². The van der Waals surface area contributed by atoms with Gasteiger partial charge in [0.1, 0.15) is 0 Å². The molecule has 3 aliphatic carbocycles. The van der Waals surface area contributed by atoms with Crippen molar-refractivity contribution < 1.29 is 30.9 Å². The number of alkyl halides is 2. The minimum absolute atomic E-state index is 0.0698. The summed E-state index contributed by atoms with van der Waals surface area (Å²) in [5, 5.41) is -3.92. The lowest BCUT2D eigenvalue weighted by atomic mass is 9.83. The monoisotopic (exact) mass is 448 g/mol. The summed E-state index contributed by atoms with van der Waals surface area (Å²) in [7, 11) is -4.16. The molecule has 1 heterocycles. The van der Waals surface area contributed by atoms with Gasteiger partial charge in [-0.25, -0.2) is 0 Å². The standard InChI is InChI=1S/C23H22F2O5S/c1-28-31(26,27)22(24,25)12-14-10-13-11-17(14)21-20(13)29-23(30-21)18-8-4-2-6-15(18)16-7-3-5-9-19(16)23/h2-9,13-14,17,20-21H,10-12H2,1H3. The van der Waals surface area contributed by atoms with E-state index >= 15 is 0 Å². The highest BCUT2D eigenvalue weighted by atomic mass is 32.2. The summed E-state index contributed by atoms with van der Waals surface area (Å²) in [4.78, 5) is 0. The SMILES string of the molecule is COS(=O)(=O)C(F)(F)CC1CC2CC1C1OC3(OC21)c1ccccc1-c1ccccc13. The normalized spacial score (nSPS) is 32.3. The van der Waals surface area contributed by atoms with Crippen LogP contribution in [0.4, 0.5) is 8.78 Å². The smallest absolute Gasteiger partial charge is 0.336 e. The van der Waals surface area contributed by atoms with Gasteiger partial charge in [0.05, 0.1) is 19.3 Å². The van der Waals surface area contributed by atoms with Gasteiger partial charge in [-0.2, -0.15) is 17.2 Å². The van der Waals surface area contributed by atoms with Crippen molar-refractivity contribution >= 4 is 10.1 Å². The lowest BCUT2D eigenvalue weighted by molar-refractivity contribution is -0.159. The summed E-state index contributed by atoms with van der Waals surface area (Å²) in [6.45, 7) is 0. The fraction of sp³-hybridized carbons (Fsp3) is 0.478. The van der Waals surface area contributed by atoms with Gasteiger partial charge in [-0.05, 0) is 41.7 Å². The number of benzene rings is 2. The Balaban J connectivity index is 1.34. The third-order valence-electron chi connectivity index (χ3n) is 7.54. The number of halogens is 2. The largest absolute Gasteiger partial charge is 0.370 e. The zero-order chi connectivity index (χ0) is 21.6. The number of hydrogen-bond acceptors (Lipinski definition) is 5. The van der Waals surface area contributed by atoms with Crippen LogP contribution in [0.1, 0.15) is 30.4 Å². The average Bonchev–Trinajstić information content (AvgIpc) is 3.48. The molecule has 5 nitrogen and oxygen atoms in total. The van der Waals surface area contributed by atoms with Crippen molar-refractivity contribution in [1.82, 2.24) is 0 Å². The lowest BCUT2D eigenvalue weighted by Crippen LogP contribution is -2.39. The molecular weight excluding hydrogens is 426 g/mol. The molecule has 5 atom stereocenters. The Bertz CT molecular complexity index is 1120. The molecule has 4 aliphatic rings. The number of ether oxygens (including phenoxy) is 2. The van der Waals surface area contributed by atoms with E-state index in [9.17, 15) is 17.2 Å². The number of hydrogen-bond donors (Lipinski definition) is 0. The molecule has 1 spiro atoms. The van der Waals surface area contributed by atoms with E-state index in [0.29, 0.717) is 12.8 Å². The quantitative estimate of drug-likeness (QED) is 0.654. The van der Waals surface area contributed by atoms with Gasteiger partial charge in [-0.3, -0.25) is 4.18 Å². The van der Waals surface area contributed by atoms with Crippen LogP contribution in [0.3, 0.4) is 0 Å². The van der Waals surface area contributed by atoms with Crippen LogP contribution in [0.2, 0.25) is 0 Å². The molecule has 3 fully saturated rings. The van der Waals surface area contributed by atoms with Gasteiger partial charge in [0.25, 0.3) is 0 Å². The van der Waals surface area contributed by atoms with E-state index in [0.717, 1.165) is 29.4 Å². The maximum absolute atomic E-state index is 14.4. The van der Waals surface area contributed by atoms with E-state index in [4.69, 9.17) is 9.47 Å². The van der Waals surface area contributed by atoms with Crippen molar-refractivity contribution in [3.8, 4) is 11.1 Å². The predicted molar refractivity (Wildman–Crippen MR) is 108 cm³/mol. The van der Waals surface area contributed by atoms with Crippen LogP contribution in [0.15, 0.2) is 48.5 Å². The van der Waals surface area contributed by atoms with Gasteiger partial charge in [0.15, 0.2) is 0 Å². The molecule has 31 heavy (non-hydrogen) atoms. The predicted octanol–water partition coefficient (Wildman–Crippen LogP) is 4.27. The minimum Gasteiger partial charge on any atom is -0.336 e. The molecule has 2 saturated carbocycles. The van der Waals surface area contributed by atoms with Crippen molar-refractivity contribution in [2.45, 2.75) is 42.5 Å². The number of fused-ring (bicyclic) bond motifs is 10. The first-order chi connectivity index (χ1) is 14.8. The Labute approximate surface area is 179 Å². The van der Waals surface area contributed by atoms with Crippen molar-refractivity contribution in [1.29, 1.82) is 0 Å². The van der Waals surface area contributed by atoms with Gasteiger partial charge >= 0.3 is 15.4 Å². The highest BCUT2D eigenvalue weighted by Crippen LogP contribution is 2.63. The van der Waals surface area contributed by atoms with Crippen LogP contribution < -0.4 is 0 Å². The van der Waals surface area contributed by atoms with E-state index < -0.39 is 33.5 Å². The van der Waals surface area contributed by atoms with E-state index in [1.165, 1.54) is 0 Å². The molecule has 0 radical (unpaired) electrons. The summed E-state index contributed by atoms with van der Waals surface area (Å²) in [6.07, 6.45) is -0.0692. The summed E-state index contributed by atoms with van der Waals surface area (Å²) in [5.41, 5.74) is 3.99. The second-order valence-corrected chi connectivity index (χ2v) is 10.8. The fourth-order valence-electron chi connectivity index (χ4n) is 6.29. The van der Waals surface area contributed by atoms with Crippen LogP contribution in [0, 0.1) is 17.8 Å². The maximum Gasteiger partial charge on any atom is 0.370 e. The molecule has 2 bridgehead atoms. The second-order valence-electron chi connectivity index (χ2n) is 8.99. The van der Waals surface area contributed by atoms with Crippen molar-refractivity contribution in [3.05, 3.63) is 59.7 Å². The summed E-state index contributed by atoms with van der Waals surface area (Å²) in [5.74, 6) is -1.60. The Morgan fingerprint density at radius 1 is 1.00 bits per heavy atom. The first-order valence-electron chi connectivity index (χ1n) is 10.5. The van der Waals surface area contributed by atoms with Gasteiger partial charge < -0.3 is 9.47 Å². The number of rotatable bonds is 4. The summed E-state index contributed by atoms with van der Waals surface area (Å²) >= 11 is 0. The molecule has 6 rings (SSSR count). The molecule has 164 valence electrons.